The van der Waals surface area contributed by atoms with Crippen LogP contribution < -0.4 is 20.9 Å². The first-order valence-corrected chi connectivity index (χ1v) is 16.9. The summed E-state index contributed by atoms with van der Waals surface area (Å²) >= 11 is 0. The Balaban J connectivity index is 1.41. The zero-order chi connectivity index (χ0) is 37.0. The summed E-state index contributed by atoms with van der Waals surface area (Å²) in [5.41, 5.74) is 15.7. The molecule has 0 bridgehead atoms. The molecule has 1 fully saturated rings. The average Bonchev–Trinajstić information content (AvgIpc) is 3.12. The van der Waals surface area contributed by atoms with Gasteiger partial charge in [0.1, 0.15) is 35.6 Å². The molecule has 4 aromatic carbocycles. The Bertz CT molecular complexity index is 2160. The number of aliphatic hydroxyl groups excluding tert-OH is 3. The van der Waals surface area contributed by atoms with Gasteiger partial charge in [-0.1, -0.05) is 54.6 Å². The van der Waals surface area contributed by atoms with Crippen molar-refractivity contribution in [3.8, 4) is 17.2 Å². The molecule has 0 spiro atoms. The SMILES string of the molecule is CC(=O)Oc1ccc2c(c1C1=Cc3ccccc3CC1)C(=O)c1cc(O[C@H]3O[C@@H](C)[C@@H](O)[C@@H](O)[C@H]3O)c(Cc3cccc(C(N)N)c3)c(O)c1C2=O. The Hall–Kier alpha value is -5.21. The van der Waals surface area contributed by atoms with Crippen LogP contribution in [-0.2, 0) is 22.4 Å². The summed E-state index contributed by atoms with van der Waals surface area (Å²) < 4.78 is 17.4. The van der Waals surface area contributed by atoms with Crippen LogP contribution in [0.25, 0.3) is 11.6 Å². The second kappa shape index (κ2) is 13.7. The number of phenolic OH excluding ortho intramolecular Hbond substituents is 1. The molecule has 0 radical (unpaired) electrons. The van der Waals surface area contributed by atoms with Gasteiger partial charge in [0, 0.05) is 41.2 Å². The highest BCUT2D eigenvalue weighted by Crippen LogP contribution is 2.46. The van der Waals surface area contributed by atoms with Crippen molar-refractivity contribution in [2.24, 2.45) is 11.5 Å². The van der Waals surface area contributed by atoms with Crippen LogP contribution in [0, 0.1) is 0 Å². The lowest BCUT2D eigenvalue weighted by atomic mass is 9.77. The Morgan fingerprint density at radius 2 is 1.62 bits per heavy atom. The summed E-state index contributed by atoms with van der Waals surface area (Å²) in [7, 11) is 0. The van der Waals surface area contributed by atoms with Crippen molar-refractivity contribution in [2.75, 3.05) is 0 Å². The average molecular weight is 707 g/mol. The van der Waals surface area contributed by atoms with Gasteiger partial charge >= 0.3 is 5.97 Å². The van der Waals surface area contributed by atoms with Gasteiger partial charge in [0.05, 0.1) is 17.8 Å². The smallest absolute Gasteiger partial charge is 0.308 e. The molecule has 1 saturated heterocycles. The molecule has 1 aliphatic heterocycles. The van der Waals surface area contributed by atoms with Crippen molar-refractivity contribution in [3.05, 3.63) is 122 Å². The van der Waals surface area contributed by atoms with E-state index in [0.29, 0.717) is 35.1 Å². The lowest BCUT2D eigenvalue weighted by Gasteiger charge is -2.39. The number of hydrogen-bond donors (Lipinski definition) is 6. The first-order valence-electron chi connectivity index (χ1n) is 16.9. The van der Waals surface area contributed by atoms with Crippen molar-refractivity contribution in [3.63, 3.8) is 0 Å². The summed E-state index contributed by atoms with van der Waals surface area (Å²) in [4.78, 5) is 41.4. The van der Waals surface area contributed by atoms with E-state index in [0.717, 1.165) is 11.1 Å². The number of rotatable bonds is 7. The number of carbonyl (C=O) groups excluding carboxylic acids is 3. The molecule has 5 atom stereocenters. The molecule has 7 rings (SSSR count). The minimum Gasteiger partial charge on any atom is -0.507 e. The second-order valence-electron chi connectivity index (χ2n) is 13.4. The highest BCUT2D eigenvalue weighted by molar-refractivity contribution is 6.31. The van der Waals surface area contributed by atoms with Gasteiger partial charge in [0.25, 0.3) is 0 Å². The van der Waals surface area contributed by atoms with Crippen LogP contribution in [0.2, 0.25) is 0 Å². The summed E-state index contributed by atoms with van der Waals surface area (Å²) in [5.74, 6) is -2.43. The fourth-order valence-corrected chi connectivity index (χ4v) is 7.19. The summed E-state index contributed by atoms with van der Waals surface area (Å²) in [6, 6.07) is 18.9. The van der Waals surface area contributed by atoms with Gasteiger partial charge in [0.2, 0.25) is 6.29 Å². The monoisotopic (exact) mass is 706 g/mol. The second-order valence-corrected chi connectivity index (χ2v) is 13.4. The van der Waals surface area contributed by atoms with E-state index >= 15 is 0 Å². The number of ether oxygens (including phenoxy) is 3. The third-order valence-corrected chi connectivity index (χ3v) is 9.87. The number of ketones is 2. The number of aromatic hydroxyl groups is 1. The number of aryl methyl sites for hydroxylation is 1. The number of hydrogen-bond acceptors (Lipinski definition) is 12. The molecule has 12 nitrogen and oxygen atoms in total. The zero-order valence-electron chi connectivity index (χ0n) is 28.4. The maximum atomic E-state index is 14.7. The van der Waals surface area contributed by atoms with E-state index in [2.05, 4.69) is 0 Å². The van der Waals surface area contributed by atoms with E-state index in [1.807, 2.05) is 30.3 Å². The standard InChI is InChI=1S/C40H38N2O10/c1-18-33(44)37(48)38(49)40(50-18)52-29-17-27-32(35(46)26(29)15-20-6-5-9-24(14-20)39(41)42)34(45)25-12-13-28(51-19(2)43)30(31(25)36(27)47)23-11-10-21-7-3-4-8-22(21)16-23/h3-9,12-14,16-18,33,37-40,44,46,48-49H,10-11,15,41-42H2,1-2H3/t18-,33+,37+,38+,40+/m0/s1. The number of nitrogens with two attached hydrogens (primary N) is 2. The normalized spacial score (nSPS) is 22.3. The lowest BCUT2D eigenvalue weighted by molar-refractivity contribution is -0.268. The number of aliphatic hydroxyl groups is 3. The van der Waals surface area contributed by atoms with Gasteiger partial charge < -0.3 is 46.1 Å². The van der Waals surface area contributed by atoms with E-state index in [9.17, 15) is 34.8 Å². The summed E-state index contributed by atoms with van der Waals surface area (Å²) in [6.45, 7) is 2.73. The molecule has 52 heavy (non-hydrogen) atoms. The predicted molar refractivity (Wildman–Crippen MR) is 189 cm³/mol. The van der Waals surface area contributed by atoms with Gasteiger partial charge in [-0.3, -0.25) is 14.4 Å². The van der Waals surface area contributed by atoms with Crippen molar-refractivity contribution < 1.29 is 49.0 Å². The Morgan fingerprint density at radius 1 is 0.865 bits per heavy atom. The molecule has 0 amide bonds. The van der Waals surface area contributed by atoms with Crippen LogP contribution in [0.1, 0.15) is 91.7 Å². The van der Waals surface area contributed by atoms with Crippen molar-refractivity contribution in [1.29, 1.82) is 0 Å². The van der Waals surface area contributed by atoms with Gasteiger partial charge in [-0.15, -0.1) is 0 Å². The zero-order valence-corrected chi connectivity index (χ0v) is 28.4. The highest BCUT2D eigenvalue weighted by Gasteiger charge is 2.44. The van der Waals surface area contributed by atoms with Crippen LogP contribution in [0.15, 0.2) is 66.7 Å². The number of benzene rings is 4. The molecule has 268 valence electrons. The number of phenols is 1. The van der Waals surface area contributed by atoms with E-state index < -0.39 is 60.2 Å². The minimum absolute atomic E-state index is 0.00531. The van der Waals surface area contributed by atoms with Gasteiger partial charge in [-0.25, -0.2) is 0 Å². The summed E-state index contributed by atoms with van der Waals surface area (Å²) in [6.07, 6.45) is -5.01. The van der Waals surface area contributed by atoms with Crippen molar-refractivity contribution in [2.45, 2.75) is 70.0 Å². The first kappa shape index (κ1) is 35.2. The molecule has 3 aliphatic rings. The molecule has 12 heteroatoms. The van der Waals surface area contributed by atoms with Crippen LogP contribution in [-0.4, -0.2) is 68.7 Å². The quantitative estimate of drug-likeness (QED) is 0.0818. The number of carbonyl (C=O) groups is 3. The molecular weight excluding hydrogens is 668 g/mol. The first-order chi connectivity index (χ1) is 24.8. The number of esters is 1. The third-order valence-electron chi connectivity index (χ3n) is 9.87. The van der Waals surface area contributed by atoms with E-state index in [1.54, 1.807) is 24.3 Å². The third kappa shape index (κ3) is 6.19. The lowest BCUT2D eigenvalue weighted by Crippen LogP contribution is -2.58. The van der Waals surface area contributed by atoms with Crippen LogP contribution in [0.5, 0.6) is 17.2 Å². The van der Waals surface area contributed by atoms with Gasteiger partial charge in [0.15, 0.2) is 11.6 Å². The van der Waals surface area contributed by atoms with Crippen molar-refractivity contribution >= 4 is 29.2 Å². The van der Waals surface area contributed by atoms with E-state index in [-0.39, 0.29) is 45.7 Å². The number of fused-ring (bicyclic) bond motifs is 3. The molecule has 1 heterocycles. The Morgan fingerprint density at radius 3 is 2.37 bits per heavy atom. The fraction of sp³-hybridized carbons (Fsp3) is 0.275. The van der Waals surface area contributed by atoms with Gasteiger partial charge in [-0.2, -0.15) is 0 Å². The predicted octanol–water partition coefficient (Wildman–Crippen LogP) is 3.29. The Labute approximate surface area is 298 Å². The maximum absolute atomic E-state index is 14.7. The largest absolute Gasteiger partial charge is 0.507 e. The summed E-state index contributed by atoms with van der Waals surface area (Å²) in [5, 5.41) is 43.6. The molecule has 0 unspecified atom stereocenters. The van der Waals surface area contributed by atoms with Crippen LogP contribution >= 0.6 is 0 Å². The van der Waals surface area contributed by atoms with Crippen LogP contribution in [0.3, 0.4) is 0 Å². The molecule has 4 aromatic rings. The molecule has 0 saturated carbocycles. The molecule has 0 aromatic heterocycles. The van der Waals surface area contributed by atoms with Crippen LogP contribution in [0.4, 0.5) is 0 Å². The Kier molecular flexibility index (Phi) is 9.30. The number of allylic oxidation sites excluding steroid dienone is 1. The topological polar surface area (TPSA) is 212 Å². The molecule has 2 aliphatic carbocycles. The fourth-order valence-electron chi connectivity index (χ4n) is 7.19. The maximum Gasteiger partial charge on any atom is 0.308 e. The minimum atomic E-state index is -1.71. The highest BCUT2D eigenvalue weighted by atomic mass is 16.7. The van der Waals surface area contributed by atoms with Crippen molar-refractivity contribution in [1.82, 2.24) is 0 Å². The van der Waals surface area contributed by atoms with E-state index in [4.69, 9.17) is 25.7 Å². The molecular formula is C40H38N2O10. The van der Waals surface area contributed by atoms with E-state index in [1.165, 1.54) is 32.0 Å². The molecule has 8 N–H and O–H groups in total. The van der Waals surface area contributed by atoms with Gasteiger partial charge in [-0.05, 0) is 65.8 Å².